The molecule has 1 saturated heterocycles. The maximum atomic E-state index is 5.98. The third kappa shape index (κ3) is 4.52. The second-order valence-electron chi connectivity index (χ2n) is 6.44. The third-order valence-electron chi connectivity index (χ3n) is 4.37. The molecule has 0 unspecified atom stereocenters. The van der Waals surface area contributed by atoms with Crippen LogP contribution in [0.1, 0.15) is 56.6 Å². The van der Waals surface area contributed by atoms with Gasteiger partial charge in [0.15, 0.2) is 0 Å². The van der Waals surface area contributed by atoms with Crippen LogP contribution in [0.5, 0.6) is 5.75 Å². The lowest BCUT2D eigenvalue weighted by atomic mass is 10.0. The maximum Gasteiger partial charge on any atom is 0.122 e. The molecule has 1 N–H and O–H groups in total. The Morgan fingerprint density at radius 1 is 1.15 bits per heavy atom. The lowest BCUT2D eigenvalue weighted by molar-refractivity contribution is -0.887. The molecule has 0 radical (unpaired) electrons. The van der Waals surface area contributed by atoms with E-state index in [2.05, 4.69) is 39.0 Å². The minimum atomic E-state index is 0.566. The molecule has 1 aromatic carbocycles. The first-order valence-electron chi connectivity index (χ1n) is 8.23. The quantitative estimate of drug-likeness (QED) is 0.756. The lowest BCUT2D eigenvalue weighted by Crippen LogP contribution is -3.09. The zero-order valence-corrected chi connectivity index (χ0v) is 13.4. The van der Waals surface area contributed by atoms with E-state index in [1.807, 2.05) is 0 Å². The Bertz CT molecular complexity index is 408. The number of hydrogen-bond acceptors (Lipinski definition) is 1. The molecular weight excluding hydrogens is 246 g/mol. The number of hydrogen-bond donors (Lipinski definition) is 1. The summed E-state index contributed by atoms with van der Waals surface area (Å²) in [4.78, 5) is 1.79. The standard InChI is InChI=1S/C18H29NO/c1-15(2)17-9-8-16(3)18(14-17)20-13-7-6-12-19-10-4-5-11-19/h8-9,14-15H,4-7,10-13H2,1-3H3/p+1. The molecule has 0 aromatic heterocycles. The normalized spacial score (nSPS) is 16.0. The fourth-order valence-electron chi connectivity index (χ4n) is 2.92. The van der Waals surface area contributed by atoms with Gasteiger partial charge in [0.2, 0.25) is 0 Å². The van der Waals surface area contributed by atoms with Crippen molar-refractivity contribution in [3.8, 4) is 5.75 Å². The summed E-state index contributed by atoms with van der Waals surface area (Å²) in [5.74, 6) is 1.64. The van der Waals surface area contributed by atoms with E-state index in [0.29, 0.717) is 5.92 Å². The molecule has 1 aliphatic rings. The number of ether oxygens (including phenoxy) is 1. The average Bonchev–Trinajstić information content (AvgIpc) is 2.93. The highest BCUT2D eigenvalue weighted by Gasteiger charge is 2.14. The second-order valence-corrected chi connectivity index (χ2v) is 6.44. The van der Waals surface area contributed by atoms with Crippen LogP contribution in [-0.4, -0.2) is 26.2 Å². The summed E-state index contributed by atoms with van der Waals surface area (Å²) in [7, 11) is 0. The molecule has 0 aliphatic carbocycles. The molecule has 1 heterocycles. The van der Waals surface area contributed by atoms with Crippen LogP contribution in [0.25, 0.3) is 0 Å². The Morgan fingerprint density at radius 2 is 1.90 bits per heavy atom. The van der Waals surface area contributed by atoms with E-state index in [1.165, 1.54) is 56.4 Å². The fraction of sp³-hybridized carbons (Fsp3) is 0.667. The molecule has 20 heavy (non-hydrogen) atoms. The first kappa shape index (κ1) is 15.4. The van der Waals surface area contributed by atoms with Gasteiger partial charge in [-0.25, -0.2) is 0 Å². The van der Waals surface area contributed by atoms with Crippen LogP contribution in [0.3, 0.4) is 0 Å². The van der Waals surface area contributed by atoms with Gasteiger partial charge in [-0.1, -0.05) is 26.0 Å². The van der Waals surface area contributed by atoms with Gasteiger partial charge in [0.25, 0.3) is 0 Å². The summed E-state index contributed by atoms with van der Waals surface area (Å²) < 4.78 is 5.98. The molecule has 0 saturated carbocycles. The highest BCUT2D eigenvalue weighted by Crippen LogP contribution is 2.24. The molecular formula is C18H30NO+. The zero-order chi connectivity index (χ0) is 14.4. The van der Waals surface area contributed by atoms with E-state index in [9.17, 15) is 0 Å². The second kappa shape index (κ2) is 7.68. The number of rotatable bonds is 7. The lowest BCUT2D eigenvalue weighted by Gasteiger charge is -2.14. The summed E-state index contributed by atoms with van der Waals surface area (Å²) in [5, 5.41) is 0. The molecule has 112 valence electrons. The minimum absolute atomic E-state index is 0.566. The van der Waals surface area contributed by atoms with Gasteiger partial charge in [-0.3, -0.25) is 0 Å². The van der Waals surface area contributed by atoms with Crippen LogP contribution in [0, 0.1) is 6.92 Å². The first-order valence-corrected chi connectivity index (χ1v) is 8.23. The summed E-state index contributed by atoms with van der Waals surface area (Å²) in [6.45, 7) is 11.5. The molecule has 0 bridgehead atoms. The third-order valence-corrected chi connectivity index (χ3v) is 4.37. The first-order chi connectivity index (χ1) is 9.66. The number of quaternary nitrogens is 1. The number of unbranched alkanes of at least 4 members (excludes halogenated alkanes) is 1. The summed E-state index contributed by atoms with van der Waals surface area (Å²) in [6, 6.07) is 6.61. The van der Waals surface area contributed by atoms with Gasteiger partial charge in [-0.05, 0) is 42.9 Å². The SMILES string of the molecule is Cc1ccc(C(C)C)cc1OCCCC[NH+]1CCCC1. The number of benzene rings is 1. The van der Waals surface area contributed by atoms with Crippen LogP contribution < -0.4 is 9.64 Å². The Hall–Kier alpha value is -1.02. The van der Waals surface area contributed by atoms with E-state index in [0.717, 1.165) is 12.4 Å². The van der Waals surface area contributed by atoms with Crippen molar-refractivity contribution in [1.29, 1.82) is 0 Å². The largest absolute Gasteiger partial charge is 0.493 e. The van der Waals surface area contributed by atoms with Crippen molar-refractivity contribution < 1.29 is 9.64 Å². The molecule has 2 nitrogen and oxygen atoms in total. The zero-order valence-electron chi connectivity index (χ0n) is 13.4. The van der Waals surface area contributed by atoms with Crippen molar-refractivity contribution in [3.63, 3.8) is 0 Å². The molecule has 0 atom stereocenters. The van der Waals surface area contributed by atoms with Crippen molar-refractivity contribution >= 4 is 0 Å². The Balaban J connectivity index is 1.71. The molecule has 1 aliphatic heterocycles. The van der Waals surface area contributed by atoms with Crippen molar-refractivity contribution in [1.82, 2.24) is 0 Å². The van der Waals surface area contributed by atoms with E-state index in [1.54, 1.807) is 4.90 Å². The highest BCUT2D eigenvalue weighted by atomic mass is 16.5. The van der Waals surface area contributed by atoms with Crippen molar-refractivity contribution in [2.75, 3.05) is 26.2 Å². The van der Waals surface area contributed by atoms with Crippen LogP contribution in [0.4, 0.5) is 0 Å². The molecule has 0 amide bonds. The van der Waals surface area contributed by atoms with Crippen molar-refractivity contribution in [3.05, 3.63) is 29.3 Å². The molecule has 1 aromatic rings. The number of likely N-dealkylation sites (tertiary alicyclic amines) is 1. The predicted octanol–water partition coefficient (Wildman–Crippen LogP) is 2.96. The van der Waals surface area contributed by atoms with Gasteiger partial charge in [-0.15, -0.1) is 0 Å². The van der Waals surface area contributed by atoms with Crippen LogP contribution in [-0.2, 0) is 0 Å². The summed E-state index contributed by atoms with van der Waals surface area (Å²) >= 11 is 0. The smallest absolute Gasteiger partial charge is 0.122 e. The topological polar surface area (TPSA) is 13.7 Å². The predicted molar refractivity (Wildman–Crippen MR) is 84.8 cm³/mol. The monoisotopic (exact) mass is 276 g/mol. The fourth-order valence-corrected chi connectivity index (χ4v) is 2.92. The van der Waals surface area contributed by atoms with Gasteiger partial charge in [0.05, 0.1) is 26.2 Å². The van der Waals surface area contributed by atoms with Crippen LogP contribution >= 0.6 is 0 Å². The summed E-state index contributed by atoms with van der Waals surface area (Å²) in [5.41, 5.74) is 2.62. The van der Waals surface area contributed by atoms with Gasteiger partial charge >= 0.3 is 0 Å². The van der Waals surface area contributed by atoms with Crippen molar-refractivity contribution in [2.45, 2.75) is 52.4 Å². The van der Waals surface area contributed by atoms with E-state index < -0.39 is 0 Å². The van der Waals surface area contributed by atoms with Gasteiger partial charge in [0, 0.05) is 12.8 Å². The Morgan fingerprint density at radius 3 is 2.60 bits per heavy atom. The molecule has 0 spiro atoms. The van der Waals surface area contributed by atoms with Crippen molar-refractivity contribution in [2.24, 2.45) is 0 Å². The van der Waals surface area contributed by atoms with Gasteiger partial charge < -0.3 is 9.64 Å². The van der Waals surface area contributed by atoms with E-state index >= 15 is 0 Å². The summed E-state index contributed by atoms with van der Waals surface area (Å²) in [6.07, 6.45) is 5.31. The minimum Gasteiger partial charge on any atom is -0.493 e. The van der Waals surface area contributed by atoms with E-state index in [4.69, 9.17) is 4.74 Å². The number of nitrogens with one attached hydrogen (secondary N) is 1. The molecule has 2 heteroatoms. The number of aryl methyl sites for hydroxylation is 1. The Labute approximate surface area is 124 Å². The Kier molecular flexibility index (Phi) is 5.90. The van der Waals surface area contributed by atoms with E-state index in [-0.39, 0.29) is 0 Å². The van der Waals surface area contributed by atoms with Crippen LogP contribution in [0.15, 0.2) is 18.2 Å². The molecule has 2 rings (SSSR count). The highest BCUT2D eigenvalue weighted by molar-refractivity contribution is 5.37. The van der Waals surface area contributed by atoms with Crippen LogP contribution in [0.2, 0.25) is 0 Å². The average molecular weight is 276 g/mol. The van der Waals surface area contributed by atoms with Gasteiger partial charge in [0.1, 0.15) is 5.75 Å². The van der Waals surface area contributed by atoms with Gasteiger partial charge in [-0.2, -0.15) is 0 Å². The molecule has 1 fully saturated rings. The maximum absolute atomic E-state index is 5.98.